The highest BCUT2D eigenvalue weighted by molar-refractivity contribution is 7.99. The summed E-state index contributed by atoms with van der Waals surface area (Å²) in [6.07, 6.45) is 0. The summed E-state index contributed by atoms with van der Waals surface area (Å²) >= 11 is 1.89. The molecule has 8 aromatic rings. The Morgan fingerprint density at radius 1 is 0.460 bits per heavy atom. The molecule has 0 saturated heterocycles. The zero-order valence-corrected chi connectivity index (χ0v) is 28.8. The summed E-state index contributed by atoms with van der Waals surface area (Å²) in [6, 6.07) is 62.3. The number of hydrogen-bond acceptors (Lipinski definition) is 2. The lowest BCUT2D eigenvalue weighted by Gasteiger charge is -2.50. The first-order valence-electron chi connectivity index (χ1n) is 17.3. The molecule has 0 amide bonds. The Bertz CT molecular complexity index is 2540. The predicted octanol–water partition coefficient (Wildman–Crippen LogP) is 11.8. The van der Waals surface area contributed by atoms with Crippen LogP contribution in [0.15, 0.2) is 180 Å². The molecular weight excluding hydrogens is 625 g/mol. The predicted molar refractivity (Wildman–Crippen MR) is 207 cm³/mol. The minimum Gasteiger partial charge on any atom is -0.292 e. The maximum Gasteiger partial charge on any atom is 0.145 e. The monoisotopic (exact) mass is 658 g/mol. The van der Waals surface area contributed by atoms with Crippen molar-refractivity contribution in [2.24, 2.45) is 0 Å². The van der Waals surface area contributed by atoms with Crippen LogP contribution in [0.25, 0.3) is 39.2 Å². The Kier molecular flexibility index (Phi) is 6.40. The fraction of sp³-hybridized carbons (Fsp3) is 0.0851. The van der Waals surface area contributed by atoms with Gasteiger partial charge < -0.3 is 0 Å². The zero-order chi connectivity index (χ0) is 33.5. The van der Waals surface area contributed by atoms with Gasteiger partial charge >= 0.3 is 0 Å². The smallest absolute Gasteiger partial charge is 0.145 e. The Balaban J connectivity index is 1.16. The van der Waals surface area contributed by atoms with Crippen molar-refractivity contribution in [1.82, 2.24) is 9.55 Å². The molecule has 0 unspecified atom stereocenters. The summed E-state index contributed by atoms with van der Waals surface area (Å²) in [5.41, 5.74) is 14.4. The molecule has 1 aromatic heterocycles. The van der Waals surface area contributed by atoms with Gasteiger partial charge in [0.25, 0.3) is 0 Å². The van der Waals surface area contributed by atoms with E-state index >= 15 is 0 Å². The first-order valence-corrected chi connectivity index (χ1v) is 18.1. The maximum atomic E-state index is 5.11. The lowest BCUT2D eigenvalue weighted by Crippen LogP contribution is -2.43. The van der Waals surface area contributed by atoms with Crippen LogP contribution in [0.4, 0.5) is 0 Å². The molecule has 2 heterocycles. The number of benzene rings is 7. The van der Waals surface area contributed by atoms with Crippen LogP contribution in [-0.2, 0) is 10.8 Å². The van der Waals surface area contributed by atoms with E-state index in [2.05, 4.69) is 188 Å². The molecule has 10 rings (SSSR count). The lowest BCUT2D eigenvalue weighted by atomic mass is 9.54. The molecule has 1 aliphatic heterocycles. The van der Waals surface area contributed by atoms with E-state index in [1.54, 1.807) is 0 Å². The molecule has 0 radical (unpaired) electrons. The Morgan fingerprint density at radius 3 is 1.72 bits per heavy atom. The van der Waals surface area contributed by atoms with Crippen LogP contribution in [0.3, 0.4) is 0 Å². The van der Waals surface area contributed by atoms with Gasteiger partial charge in [-0.2, -0.15) is 0 Å². The van der Waals surface area contributed by atoms with Gasteiger partial charge in [-0.25, -0.2) is 4.98 Å². The molecule has 0 bridgehead atoms. The van der Waals surface area contributed by atoms with E-state index in [0.29, 0.717) is 0 Å². The molecule has 50 heavy (non-hydrogen) atoms. The molecule has 2 nitrogen and oxygen atoms in total. The van der Waals surface area contributed by atoms with Crippen molar-refractivity contribution in [2.75, 3.05) is 0 Å². The second-order valence-electron chi connectivity index (χ2n) is 13.9. The number of nitrogens with zero attached hydrogens (tertiary/aromatic N) is 2. The number of fused-ring (bicyclic) bond motifs is 9. The highest BCUT2D eigenvalue weighted by Crippen LogP contribution is 2.61. The third kappa shape index (κ3) is 4.07. The van der Waals surface area contributed by atoms with Crippen LogP contribution in [-0.4, -0.2) is 9.55 Å². The maximum absolute atomic E-state index is 5.11. The van der Waals surface area contributed by atoms with Gasteiger partial charge in [0.1, 0.15) is 5.82 Å². The topological polar surface area (TPSA) is 17.8 Å². The number of aromatic nitrogens is 2. The molecule has 7 aromatic carbocycles. The minimum absolute atomic E-state index is 0.123. The zero-order valence-electron chi connectivity index (χ0n) is 28.0. The van der Waals surface area contributed by atoms with Crippen LogP contribution in [0, 0.1) is 0 Å². The molecule has 2 aliphatic rings. The van der Waals surface area contributed by atoms with E-state index in [1.807, 2.05) is 11.8 Å². The molecular formula is C47H34N2S. The van der Waals surface area contributed by atoms with Crippen molar-refractivity contribution in [3.8, 4) is 28.2 Å². The van der Waals surface area contributed by atoms with Crippen molar-refractivity contribution in [1.29, 1.82) is 0 Å². The fourth-order valence-corrected chi connectivity index (χ4v) is 9.84. The molecule has 0 fully saturated rings. The lowest BCUT2D eigenvalue weighted by molar-refractivity contribution is 0.549. The summed E-state index contributed by atoms with van der Waals surface area (Å²) < 4.78 is 2.26. The van der Waals surface area contributed by atoms with Crippen molar-refractivity contribution >= 4 is 22.8 Å². The molecule has 0 N–H and O–H groups in total. The molecule has 0 atom stereocenters. The Labute approximate surface area is 297 Å². The molecule has 1 spiro atoms. The minimum atomic E-state index is -0.434. The Hall–Kier alpha value is -5.64. The normalized spacial score (nSPS) is 14.8. The van der Waals surface area contributed by atoms with Gasteiger partial charge in [0.2, 0.25) is 0 Å². The summed E-state index contributed by atoms with van der Waals surface area (Å²) in [5, 5.41) is 0. The van der Waals surface area contributed by atoms with Crippen molar-refractivity contribution in [3.63, 3.8) is 0 Å². The number of imidazole rings is 1. The number of hydrogen-bond donors (Lipinski definition) is 0. The fourth-order valence-electron chi connectivity index (χ4n) is 8.67. The second-order valence-corrected chi connectivity index (χ2v) is 15.0. The van der Waals surface area contributed by atoms with E-state index in [4.69, 9.17) is 4.98 Å². The highest BCUT2D eigenvalue weighted by atomic mass is 32.2. The van der Waals surface area contributed by atoms with Gasteiger partial charge in [0, 0.05) is 26.5 Å². The Morgan fingerprint density at radius 2 is 1.00 bits per heavy atom. The number of rotatable bonds is 3. The van der Waals surface area contributed by atoms with E-state index in [9.17, 15) is 0 Å². The molecule has 238 valence electrons. The van der Waals surface area contributed by atoms with Crippen LogP contribution in [0.2, 0.25) is 0 Å². The number of para-hydroxylation sites is 3. The average molecular weight is 659 g/mol. The molecule has 1 aliphatic carbocycles. The van der Waals surface area contributed by atoms with Crippen LogP contribution in [0.5, 0.6) is 0 Å². The van der Waals surface area contributed by atoms with Crippen molar-refractivity contribution < 1.29 is 0 Å². The molecule has 3 heteroatoms. The van der Waals surface area contributed by atoms with E-state index in [-0.39, 0.29) is 5.41 Å². The largest absolute Gasteiger partial charge is 0.292 e. The second kappa shape index (κ2) is 10.9. The quantitative estimate of drug-likeness (QED) is 0.188. The molecule has 0 saturated carbocycles. The SMILES string of the molecule is CC1(C)c2ccccc2C2(c3ccccc3Sc3ccc(-c4ccc(-c5nc6ccccc6n5-c5ccccc5)cc4)cc32)c2ccccc21. The van der Waals surface area contributed by atoms with Gasteiger partial charge in [-0.05, 0) is 87.0 Å². The third-order valence-corrected chi connectivity index (χ3v) is 12.1. The van der Waals surface area contributed by atoms with Gasteiger partial charge in [-0.3, -0.25) is 4.57 Å². The van der Waals surface area contributed by atoms with Gasteiger partial charge in [0.05, 0.1) is 16.4 Å². The van der Waals surface area contributed by atoms with Gasteiger partial charge in [-0.15, -0.1) is 0 Å². The summed E-state index contributed by atoms with van der Waals surface area (Å²) in [5.74, 6) is 0.944. The van der Waals surface area contributed by atoms with Crippen molar-refractivity contribution in [3.05, 3.63) is 203 Å². The third-order valence-electron chi connectivity index (χ3n) is 11.0. The summed E-state index contributed by atoms with van der Waals surface area (Å²) in [6.45, 7) is 4.76. The van der Waals surface area contributed by atoms with Crippen LogP contribution < -0.4 is 0 Å². The first kappa shape index (κ1) is 29.3. The van der Waals surface area contributed by atoms with Crippen LogP contribution in [0.1, 0.15) is 47.2 Å². The summed E-state index contributed by atoms with van der Waals surface area (Å²) in [7, 11) is 0. The van der Waals surface area contributed by atoms with E-state index in [0.717, 1.165) is 28.1 Å². The van der Waals surface area contributed by atoms with E-state index < -0.39 is 5.41 Å². The first-order chi connectivity index (χ1) is 24.5. The average Bonchev–Trinajstić information content (AvgIpc) is 3.57. The highest BCUT2D eigenvalue weighted by Gasteiger charge is 2.52. The van der Waals surface area contributed by atoms with Gasteiger partial charge in [0.15, 0.2) is 0 Å². The van der Waals surface area contributed by atoms with Gasteiger partial charge in [-0.1, -0.05) is 153 Å². The summed E-state index contributed by atoms with van der Waals surface area (Å²) in [4.78, 5) is 7.74. The standard InChI is InChI=1S/C47H34N2S/c1-46(2)35-16-6-8-18-37(35)47(38-19-9-7-17-36(38)46)39-20-10-13-23-43(39)50-44-29-28-33(30-40(44)47)31-24-26-32(27-25-31)45-48-41-21-11-12-22-42(41)49(45)34-14-4-3-5-15-34/h3-30H,1-2H3. The van der Waals surface area contributed by atoms with Crippen LogP contribution >= 0.6 is 11.8 Å². The van der Waals surface area contributed by atoms with E-state index in [1.165, 1.54) is 54.3 Å². The van der Waals surface area contributed by atoms with Crippen molar-refractivity contribution in [2.45, 2.75) is 34.5 Å².